The Labute approximate surface area is 141 Å². The molecule has 2 atom stereocenters. The van der Waals surface area contributed by atoms with E-state index in [9.17, 15) is 0 Å². The van der Waals surface area contributed by atoms with Crippen molar-refractivity contribution in [2.24, 2.45) is 11.8 Å². The van der Waals surface area contributed by atoms with Crippen molar-refractivity contribution in [3.05, 3.63) is 48.7 Å². The minimum absolute atomic E-state index is 0.548. The summed E-state index contributed by atoms with van der Waals surface area (Å²) in [5.74, 6) is 10.0. The van der Waals surface area contributed by atoms with Crippen molar-refractivity contribution in [2.45, 2.75) is 37.0 Å². The van der Waals surface area contributed by atoms with Crippen LogP contribution in [-0.4, -0.2) is 18.3 Å². The standard InChI is InChI=1S/C20H28N2S/c1-16-18-15-17(18)11-7-5-4-6-10-14-21-19-12-8-9-13-20(19)23(2,3)22-16/h7-9,11-13,17-18,21-22H,1-6,10,14-15H2/b11-7-. The number of allylic oxidation sites excluding steroid dienone is 3. The molecule has 1 fully saturated rings. The van der Waals surface area contributed by atoms with Crippen LogP contribution >= 0.6 is 9.39 Å². The summed E-state index contributed by atoms with van der Waals surface area (Å²) in [4.78, 5) is 1.18. The fraction of sp³-hybridized carbons (Fsp3) is 0.400. The largest absolute Gasteiger partial charge is 0.384 e. The van der Waals surface area contributed by atoms with Gasteiger partial charge in [-0.05, 0) is 43.7 Å². The van der Waals surface area contributed by atoms with E-state index in [0.29, 0.717) is 11.8 Å². The minimum Gasteiger partial charge on any atom is -0.384 e. The van der Waals surface area contributed by atoms with Crippen LogP contribution in [0.2, 0.25) is 0 Å². The number of rotatable bonds is 0. The Morgan fingerprint density at radius 2 is 1.91 bits per heavy atom. The summed E-state index contributed by atoms with van der Waals surface area (Å²) in [5.41, 5.74) is 2.26. The highest BCUT2D eigenvalue weighted by Gasteiger charge is 2.37. The summed E-state index contributed by atoms with van der Waals surface area (Å²) in [7, 11) is -1.59. The summed E-state index contributed by atoms with van der Waals surface area (Å²) < 4.78 is 3.57. The van der Waals surface area contributed by atoms with E-state index in [1.54, 1.807) is 0 Å². The molecule has 1 aliphatic carbocycles. The second kappa shape index (κ2) is 6.88. The molecule has 0 aromatic heterocycles. The first kappa shape index (κ1) is 16.3. The molecule has 0 spiro atoms. The molecular formula is C20H28N2S. The zero-order valence-corrected chi connectivity index (χ0v) is 14.7. The second-order valence-corrected chi connectivity index (χ2v) is 9.13. The molecule has 124 valence electrons. The Bertz CT molecular complexity index is 700. The molecule has 1 aromatic rings. The van der Waals surface area contributed by atoms with Crippen LogP contribution in [0.4, 0.5) is 5.69 Å². The third kappa shape index (κ3) is 4.03. The molecule has 2 aliphatic rings. The Balaban J connectivity index is 1.84. The van der Waals surface area contributed by atoms with Gasteiger partial charge >= 0.3 is 0 Å². The van der Waals surface area contributed by atoms with E-state index in [2.05, 4.69) is 64.8 Å². The van der Waals surface area contributed by atoms with Gasteiger partial charge in [-0.25, -0.2) is 0 Å². The monoisotopic (exact) mass is 328 g/mol. The second-order valence-electron chi connectivity index (χ2n) is 6.72. The smallest absolute Gasteiger partial charge is 0.0485 e. The van der Waals surface area contributed by atoms with Crippen LogP contribution in [0.25, 0.3) is 0 Å². The molecule has 0 radical (unpaired) electrons. The van der Waals surface area contributed by atoms with Gasteiger partial charge in [-0.2, -0.15) is 0 Å². The molecule has 0 saturated heterocycles. The molecule has 3 rings (SSSR count). The molecule has 3 heteroatoms. The zero-order valence-electron chi connectivity index (χ0n) is 13.9. The Morgan fingerprint density at radius 1 is 1.09 bits per heavy atom. The van der Waals surface area contributed by atoms with Gasteiger partial charge in [-0.3, -0.25) is 0 Å². The first-order valence-corrected chi connectivity index (χ1v) is 10.5. The highest BCUT2D eigenvalue weighted by atomic mass is 32.2. The number of fused-ring (bicyclic) bond motifs is 2. The van der Waals surface area contributed by atoms with Crippen LogP contribution in [-0.2, 0) is 0 Å². The van der Waals surface area contributed by atoms with Gasteiger partial charge in [0.25, 0.3) is 0 Å². The van der Waals surface area contributed by atoms with E-state index < -0.39 is 9.39 Å². The van der Waals surface area contributed by atoms with Gasteiger partial charge in [0.1, 0.15) is 0 Å². The van der Waals surface area contributed by atoms with Crippen LogP contribution in [0.1, 0.15) is 32.1 Å². The summed E-state index contributed by atoms with van der Waals surface area (Å²) in [5, 5.41) is 3.58. The molecular weight excluding hydrogens is 300 g/mol. The Kier molecular flexibility index (Phi) is 4.86. The maximum Gasteiger partial charge on any atom is 0.0485 e. The van der Waals surface area contributed by atoms with Gasteiger partial charge in [0.2, 0.25) is 0 Å². The average molecular weight is 329 g/mol. The predicted octanol–water partition coefficient (Wildman–Crippen LogP) is 4.91. The van der Waals surface area contributed by atoms with E-state index in [0.717, 1.165) is 17.9 Å². The minimum atomic E-state index is -1.59. The van der Waals surface area contributed by atoms with Gasteiger partial charge in [0.05, 0.1) is 0 Å². The summed E-state index contributed by atoms with van der Waals surface area (Å²) in [6, 6.07) is 8.42. The number of nitrogens with one attached hydrogen (secondary N) is 2. The van der Waals surface area contributed by atoms with Gasteiger partial charge in [-0.15, -0.1) is 9.39 Å². The van der Waals surface area contributed by atoms with E-state index in [1.165, 1.54) is 37.0 Å². The van der Waals surface area contributed by atoms with E-state index in [4.69, 9.17) is 0 Å². The molecule has 1 aliphatic heterocycles. The quantitative estimate of drug-likeness (QED) is 0.522. The number of hydrogen-bond acceptors (Lipinski definition) is 2. The molecule has 2 nitrogen and oxygen atoms in total. The molecule has 1 heterocycles. The lowest BCUT2D eigenvalue weighted by Gasteiger charge is -2.23. The predicted molar refractivity (Wildman–Crippen MR) is 107 cm³/mol. The fourth-order valence-corrected chi connectivity index (χ4v) is 4.88. The lowest BCUT2D eigenvalue weighted by Crippen LogP contribution is -2.12. The fourth-order valence-electron chi connectivity index (χ4n) is 3.22. The lowest BCUT2D eigenvalue weighted by atomic mass is 10.1. The number of benzene rings is 1. The topological polar surface area (TPSA) is 24.1 Å². The Hall–Kier alpha value is -1.61. The van der Waals surface area contributed by atoms with Crippen molar-refractivity contribution >= 4 is 26.8 Å². The molecule has 0 bridgehead atoms. The molecule has 2 unspecified atom stereocenters. The number of hydrogen-bond donors (Lipinski definition) is 2. The Morgan fingerprint density at radius 3 is 2.78 bits per heavy atom. The molecule has 0 amide bonds. The van der Waals surface area contributed by atoms with Crippen LogP contribution < -0.4 is 10.0 Å². The van der Waals surface area contributed by atoms with E-state index in [-0.39, 0.29) is 0 Å². The molecule has 1 aromatic carbocycles. The number of para-hydroxylation sites is 1. The van der Waals surface area contributed by atoms with Crippen molar-refractivity contribution in [1.29, 1.82) is 0 Å². The van der Waals surface area contributed by atoms with Crippen LogP contribution in [0.3, 0.4) is 0 Å². The maximum atomic E-state index is 4.40. The third-order valence-electron chi connectivity index (χ3n) is 4.67. The first-order valence-electron chi connectivity index (χ1n) is 8.53. The molecule has 1 saturated carbocycles. The molecule has 23 heavy (non-hydrogen) atoms. The van der Waals surface area contributed by atoms with Crippen LogP contribution in [0, 0.1) is 11.8 Å². The van der Waals surface area contributed by atoms with Gasteiger partial charge < -0.3 is 10.0 Å². The van der Waals surface area contributed by atoms with E-state index in [1.807, 2.05) is 0 Å². The van der Waals surface area contributed by atoms with E-state index >= 15 is 0 Å². The first-order chi connectivity index (χ1) is 11.1. The van der Waals surface area contributed by atoms with Crippen molar-refractivity contribution in [1.82, 2.24) is 4.72 Å². The highest BCUT2D eigenvalue weighted by Crippen LogP contribution is 2.46. The third-order valence-corrected chi connectivity index (χ3v) is 6.52. The average Bonchev–Trinajstić information content (AvgIpc) is 3.29. The van der Waals surface area contributed by atoms with Crippen molar-refractivity contribution < 1.29 is 0 Å². The number of anilines is 1. The zero-order chi connectivity index (χ0) is 16.3. The highest BCUT2D eigenvalue weighted by molar-refractivity contribution is 8.26. The van der Waals surface area contributed by atoms with Gasteiger partial charge in [0.15, 0.2) is 0 Å². The SMILES string of the molecule is C=C1NS(=C)(=C)c2ccccc2NCCCCC/C=C\C2CC12. The van der Waals surface area contributed by atoms with Crippen LogP contribution in [0.5, 0.6) is 0 Å². The van der Waals surface area contributed by atoms with Gasteiger partial charge in [-0.1, -0.05) is 49.0 Å². The normalized spacial score (nSPS) is 28.8. The van der Waals surface area contributed by atoms with Crippen molar-refractivity contribution in [2.75, 3.05) is 11.9 Å². The molecule has 2 N–H and O–H groups in total. The lowest BCUT2D eigenvalue weighted by molar-refractivity contribution is 0.706. The summed E-state index contributed by atoms with van der Waals surface area (Å²) in [6.45, 7) is 5.27. The van der Waals surface area contributed by atoms with Crippen molar-refractivity contribution in [3.8, 4) is 0 Å². The summed E-state index contributed by atoms with van der Waals surface area (Å²) >= 11 is 0. The maximum absolute atomic E-state index is 4.40. The van der Waals surface area contributed by atoms with Crippen LogP contribution in [0.15, 0.2) is 53.6 Å². The van der Waals surface area contributed by atoms with Gasteiger partial charge in [0, 0.05) is 28.7 Å². The summed E-state index contributed by atoms with van der Waals surface area (Å²) in [6.07, 6.45) is 10.9. The van der Waals surface area contributed by atoms with Crippen molar-refractivity contribution in [3.63, 3.8) is 0 Å².